The molecule has 0 amide bonds. The Morgan fingerprint density at radius 3 is 2.00 bits per heavy atom. The number of hydrogen-bond donors (Lipinski definition) is 2. The van der Waals surface area contributed by atoms with Crippen LogP contribution in [0, 0.1) is 0 Å². The minimum atomic E-state index is -1.71. The van der Waals surface area contributed by atoms with Gasteiger partial charge < -0.3 is 10.2 Å². The maximum atomic E-state index is 10.9. The first-order valence-corrected chi connectivity index (χ1v) is 7.17. The van der Waals surface area contributed by atoms with E-state index in [-0.39, 0.29) is 25.7 Å². The third-order valence-electron chi connectivity index (χ3n) is 2.84. The van der Waals surface area contributed by atoms with E-state index in [1.165, 1.54) is 12.1 Å². The van der Waals surface area contributed by atoms with Gasteiger partial charge in [-0.25, -0.2) is 4.79 Å². The van der Waals surface area contributed by atoms with Crippen molar-refractivity contribution >= 4 is 52.4 Å². The zero-order valence-corrected chi connectivity index (χ0v) is 13.3. The highest BCUT2D eigenvalue weighted by molar-refractivity contribution is 6.48. The van der Waals surface area contributed by atoms with Crippen molar-refractivity contribution in [1.82, 2.24) is 0 Å². The fourth-order valence-corrected chi connectivity index (χ4v) is 2.61. The smallest absolute Gasteiger partial charge is 0.337 e. The Balaban J connectivity index is 2.56. The van der Waals surface area contributed by atoms with E-state index in [2.05, 4.69) is 0 Å². The summed E-state index contributed by atoms with van der Waals surface area (Å²) in [5.74, 6) is -1.39. The molecule has 0 spiro atoms. The third kappa shape index (κ3) is 3.44. The fraction of sp³-hybridized carbons (Fsp3) is 0.0714. The van der Waals surface area contributed by atoms with Gasteiger partial charge in [0.05, 0.1) is 15.1 Å². The van der Waals surface area contributed by atoms with Gasteiger partial charge in [0.15, 0.2) is 6.10 Å². The second-order valence-corrected chi connectivity index (χ2v) is 5.83. The van der Waals surface area contributed by atoms with Crippen LogP contribution in [-0.4, -0.2) is 16.2 Å². The molecule has 0 radical (unpaired) electrons. The van der Waals surface area contributed by atoms with E-state index >= 15 is 0 Å². The highest BCUT2D eigenvalue weighted by Crippen LogP contribution is 2.36. The second kappa shape index (κ2) is 6.42. The number of benzene rings is 2. The quantitative estimate of drug-likeness (QED) is 0.745. The Morgan fingerprint density at radius 1 is 0.905 bits per heavy atom. The number of aliphatic carboxylic acids is 1. The molecule has 0 heterocycles. The van der Waals surface area contributed by atoms with Gasteiger partial charge in [-0.3, -0.25) is 0 Å². The summed E-state index contributed by atoms with van der Waals surface area (Å²) >= 11 is 23.7. The van der Waals surface area contributed by atoms with Crippen LogP contribution in [0.2, 0.25) is 20.1 Å². The summed E-state index contributed by atoms with van der Waals surface area (Å²) in [6.45, 7) is 0. The van der Waals surface area contributed by atoms with Crippen molar-refractivity contribution in [3.63, 3.8) is 0 Å². The Morgan fingerprint density at radius 2 is 1.48 bits per heavy atom. The van der Waals surface area contributed by atoms with Gasteiger partial charge in [-0.05, 0) is 35.4 Å². The van der Waals surface area contributed by atoms with Crippen molar-refractivity contribution in [3.8, 4) is 11.1 Å². The maximum Gasteiger partial charge on any atom is 0.337 e. The molecule has 1 unspecified atom stereocenters. The first-order chi connectivity index (χ1) is 9.81. The van der Waals surface area contributed by atoms with Gasteiger partial charge in [-0.2, -0.15) is 0 Å². The standard InChI is InChI=1S/C14H8Cl4O3/c15-9-2-1-6(3-8(9)13(19)14(20)21)7-4-10(16)12(18)11(17)5-7/h1-5,13,19H,(H,20,21). The van der Waals surface area contributed by atoms with Gasteiger partial charge >= 0.3 is 5.97 Å². The van der Waals surface area contributed by atoms with E-state index in [0.717, 1.165) is 0 Å². The molecule has 0 fully saturated rings. The monoisotopic (exact) mass is 364 g/mol. The second-order valence-electron chi connectivity index (χ2n) is 4.23. The molecule has 0 aliphatic carbocycles. The zero-order valence-electron chi connectivity index (χ0n) is 10.3. The highest BCUT2D eigenvalue weighted by atomic mass is 35.5. The van der Waals surface area contributed by atoms with Crippen LogP contribution in [0.5, 0.6) is 0 Å². The lowest BCUT2D eigenvalue weighted by molar-refractivity contribution is -0.146. The minimum Gasteiger partial charge on any atom is -0.479 e. The molecule has 0 aromatic heterocycles. The molecule has 2 rings (SSSR count). The Labute approximate surface area is 140 Å². The molecule has 1 atom stereocenters. The molecule has 2 N–H and O–H groups in total. The number of carbonyl (C=O) groups is 1. The summed E-state index contributed by atoms with van der Waals surface area (Å²) in [6, 6.07) is 7.81. The van der Waals surface area contributed by atoms with Crippen molar-refractivity contribution in [1.29, 1.82) is 0 Å². The van der Waals surface area contributed by atoms with E-state index in [0.29, 0.717) is 11.1 Å². The molecule has 110 valence electrons. The van der Waals surface area contributed by atoms with Crippen LogP contribution in [0.4, 0.5) is 0 Å². The van der Waals surface area contributed by atoms with Crippen LogP contribution in [0.3, 0.4) is 0 Å². The topological polar surface area (TPSA) is 57.5 Å². The first kappa shape index (κ1) is 16.4. The van der Waals surface area contributed by atoms with E-state index in [1.807, 2.05) is 0 Å². The van der Waals surface area contributed by atoms with Crippen LogP contribution in [0.1, 0.15) is 11.7 Å². The Hall–Kier alpha value is -0.970. The molecule has 0 aliphatic heterocycles. The summed E-state index contributed by atoms with van der Waals surface area (Å²) in [6.07, 6.45) is -1.71. The molecule has 0 saturated carbocycles. The lowest BCUT2D eigenvalue weighted by Crippen LogP contribution is -2.11. The first-order valence-electron chi connectivity index (χ1n) is 5.66. The van der Waals surface area contributed by atoms with Crippen LogP contribution in [-0.2, 0) is 4.79 Å². The maximum absolute atomic E-state index is 10.9. The van der Waals surface area contributed by atoms with Gasteiger partial charge in [0.25, 0.3) is 0 Å². The molecule has 21 heavy (non-hydrogen) atoms. The Kier molecular flexibility index (Phi) is 5.02. The van der Waals surface area contributed by atoms with Gasteiger partial charge in [0.1, 0.15) is 0 Å². The number of carboxylic acid groups (broad SMARTS) is 1. The van der Waals surface area contributed by atoms with Crippen LogP contribution < -0.4 is 0 Å². The van der Waals surface area contributed by atoms with Gasteiger partial charge in [-0.15, -0.1) is 0 Å². The van der Waals surface area contributed by atoms with Crippen LogP contribution in [0.15, 0.2) is 30.3 Å². The molecule has 2 aromatic carbocycles. The SMILES string of the molecule is O=C(O)C(O)c1cc(-c2cc(Cl)c(Cl)c(Cl)c2)ccc1Cl. The number of aliphatic hydroxyl groups is 1. The van der Waals surface area contributed by atoms with Gasteiger partial charge in [-0.1, -0.05) is 52.5 Å². The minimum absolute atomic E-state index is 0.0869. The number of rotatable bonds is 3. The van der Waals surface area contributed by atoms with Crippen molar-refractivity contribution in [2.24, 2.45) is 0 Å². The average molecular weight is 366 g/mol. The predicted molar refractivity (Wildman–Crippen MR) is 84.5 cm³/mol. The number of aliphatic hydroxyl groups excluding tert-OH is 1. The van der Waals surface area contributed by atoms with Crippen LogP contribution in [0.25, 0.3) is 11.1 Å². The van der Waals surface area contributed by atoms with E-state index in [9.17, 15) is 9.90 Å². The van der Waals surface area contributed by atoms with Crippen molar-refractivity contribution in [2.45, 2.75) is 6.10 Å². The fourth-order valence-electron chi connectivity index (χ4n) is 1.79. The highest BCUT2D eigenvalue weighted by Gasteiger charge is 2.20. The molecule has 0 saturated heterocycles. The number of carboxylic acids is 1. The number of halogens is 4. The van der Waals surface area contributed by atoms with E-state index < -0.39 is 12.1 Å². The molecule has 0 bridgehead atoms. The van der Waals surface area contributed by atoms with Gasteiger partial charge in [0.2, 0.25) is 0 Å². The summed E-state index contributed by atoms with van der Waals surface area (Å²) in [7, 11) is 0. The normalized spacial score (nSPS) is 12.2. The molecule has 2 aromatic rings. The van der Waals surface area contributed by atoms with E-state index in [1.54, 1.807) is 18.2 Å². The lowest BCUT2D eigenvalue weighted by atomic mass is 10.0. The van der Waals surface area contributed by atoms with Crippen molar-refractivity contribution in [2.75, 3.05) is 0 Å². The predicted octanol–water partition coefficient (Wildman–Crippen LogP) is 5.09. The van der Waals surface area contributed by atoms with Crippen LogP contribution >= 0.6 is 46.4 Å². The lowest BCUT2D eigenvalue weighted by Gasteiger charge is -2.12. The number of hydrogen-bond acceptors (Lipinski definition) is 2. The average Bonchev–Trinajstić information content (AvgIpc) is 2.44. The van der Waals surface area contributed by atoms with Gasteiger partial charge in [0, 0.05) is 10.6 Å². The summed E-state index contributed by atoms with van der Waals surface area (Å²) < 4.78 is 0. The molecule has 7 heteroatoms. The molecule has 3 nitrogen and oxygen atoms in total. The molecular weight excluding hydrogens is 358 g/mol. The summed E-state index contributed by atoms with van der Waals surface area (Å²) in [5, 5.41) is 19.5. The largest absolute Gasteiger partial charge is 0.479 e. The third-order valence-corrected chi connectivity index (χ3v) is 4.38. The van der Waals surface area contributed by atoms with E-state index in [4.69, 9.17) is 51.5 Å². The molecular formula is C14H8Cl4O3. The zero-order chi connectivity index (χ0) is 15.7. The molecule has 0 aliphatic rings. The summed E-state index contributed by atoms with van der Waals surface area (Å²) in [5.41, 5.74) is 1.32. The van der Waals surface area contributed by atoms with Crippen molar-refractivity contribution < 1.29 is 15.0 Å². The summed E-state index contributed by atoms with van der Waals surface area (Å²) in [4.78, 5) is 10.9. The van der Waals surface area contributed by atoms with Crippen molar-refractivity contribution in [3.05, 3.63) is 56.0 Å². The Bertz CT molecular complexity index is 692.